The summed E-state index contributed by atoms with van der Waals surface area (Å²) in [4.78, 5) is 5.16. The van der Waals surface area contributed by atoms with Crippen LogP contribution in [0.25, 0.3) is 0 Å². The summed E-state index contributed by atoms with van der Waals surface area (Å²) in [6.45, 7) is 3.36. The molecular weight excluding hydrogens is 250 g/mol. The second-order valence-electron chi connectivity index (χ2n) is 6.15. The fourth-order valence-corrected chi connectivity index (χ4v) is 3.66. The first-order valence-corrected chi connectivity index (χ1v) is 7.54. The van der Waals surface area contributed by atoms with Crippen LogP contribution in [0.15, 0.2) is 18.2 Å². The highest BCUT2D eigenvalue weighted by Crippen LogP contribution is 2.29. The van der Waals surface area contributed by atoms with Gasteiger partial charge in [0.1, 0.15) is 5.75 Å². The van der Waals surface area contributed by atoms with Gasteiger partial charge >= 0.3 is 0 Å². The number of benzene rings is 1. The van der Waals surface area contributed by atoms with E-state index >= 15 is 0 Å². The van der Waals surface area contributed by atoms with E-state index in [0.717, 1.165) is 30.1 Å². The molecule has 110 valence electrons. The van der Waals surface area contributed by atoms with Crippen LogP contribution in [0.1, 0.15) is 24.8 Å². The Labute approximate surface area is 121 Å². The predicted octanol–water partition coefficient (Wildman–Crippen LogP) is 1.95. The number of methoxy groups -OCH3 is 1. The summed E-state index contributed by atoms with van der Waals surface area (Å²) < 4.78 is 5.22. The van der Waals surface area contributed by atoms with Crippen molar-refractivity contribution in [3.05, 3.63) is 23.8 Å². The average Bonchev–Trinajstić information content (AvgIpc) is 2.67. The minimum absolute atomic E-state index is 0.734. The molecular formula is C16H25N3O. The van der Waals surface area contributed by atoms with Gasteiger partial charge in [-0.1, -0.05) is 6.07 Å². The zero-order valence-electron chi connectivity index (χ0n) is 12.5. The molecule has 2 aliphatic rings. The van der Waals surface area contributed by atoms with Crippen molar-refractivity contribution in [2.75, 3.05) is 33.0 Å². The van der Waals surface area contributed by atoms with E-state index in [-0.39, 0.29) is 0 Å². The van der Waals surface area contributed by atoms with E-state index in [1.165, 1.54) is 37.9 Å². The number of rotatable bonds is 3. The molecule has 2 N–H and O–H groups in total. The Balaban J connectivity index is 1.67. The van der Waals surface area contributed by atoms with Crippen molar-refractivity contribution in [2.24, 2.45) is 0 Å². The molecule has 0 saturated carbocycles. The Morgan fingerprint density at radius 2 is 2.05 bits per heavy atom. The minimum Gasteiger partial charge on any atom is -0.495 e. The fraction of sp³-hybridized carbons (Fsp3) is 0.625. The quantitative estimate of drug-likeness (QED) is 0.856. The first-order valence-electron chi connectivity index (χ1n) is 7.54. The molecule has 0 amide bonds. The van der Waals surface area contributed by atoms with Crippen LogP contribution in [0.2, 0.25) is 0 Å². The SMILES string of the molecule is COc1ccc(CN2CCC3CCC(C2)N3C)cc1N. The third kappa shape index (κ3) is 2.63. The first kappa shape index (κ1) is 13.7. The number of ether oxygens (including phenoxy) is 1. The van der Waals surface area contributed by atoms with Crippen LogP contribution in [-0.4, -0.2) is 49.1 Å². The molecule has 2 bridgehead atoms. The molecule has 2 fully saturated rings. The summed E-state index contributed by atoms with van der Waals surface area (Å²) in [7, 11) is 3.95. The molecule has 2 aliphatic heterocycles. The van der Waals surface area contributed by atoms with Crippen molar-refractivity contribution >= 4 is 5.69 Å². The largest absolute Gasteiger partial charge is 0.495 e. The number of nitrogens with zero attached hydrogens (tertiary/aromatic N) is 2. The van der Waals surface area contributed by atoms with Crippen molar-refractivity contribution < 1.29 is 4.74 Å². The number of anilines is 1. The van der Waals surface area contributed by atoms with Crippen LogP contribution in [-0.2, 0) is 6.54 Å². The number of nitrogen functional groups attached to an aromatic ring is 1. The van der Waals surface area contributed by atoms with Crippen LogP contribution in [0, 0.1) is 0 Å². The highest BCUT2D eigenvalue weighted by atomic mass is 16.5. The third-order valence-corrected chi connectivity index (χ3v) is 4.93. The Bertz CT molecular complexity index is 477. The summed E-state index contributed by atoms with van der Waals surface area (Å²) in [6, 6.07) is 7.68. The summed E-state index contributed by atoms with van der Waals surface area (Å²) in [5.74, 6) is 0.767. The van der Waals surface area contributed by atoms with Gasteiger partial charge in [-0.05, 0) is 44.0 Å². The number of likely N-dealkylation sites (N-methyl/N-ethyl adjacent to an activating group) is 1. The van der Waals surface area contributed by atoms with Crippen molar-refractivity contribution in [3.63, 3.8) is 0 Å². The lowest BCUT2D eigenvalue weighted by Crippen LogP contribution is -2.36. The molecule has 0 radical (unpaired) electrons. The molecule has 20 heavy (non-hydrogen) atoms. The second kappa shape index (κ2) is 5.62. The molecule has 2 heterocycles. The smallest absolute Gasteiger partial charge is 0.141 e. The minimum atomic E-state index is 0.734. The zero-order valence-corrected chi connectivity index (χ0v) is 12.5. The van der Waals surface area contributed by atoms with Gasteiger partial charge in [-0.2, -0.15) is 0 Å². The highest BCUT2D eigenvalue weighted by molar-refractivity contribution is 5.54. The van der Waals surface area contributed by atoms with Gasteiger partial charge in [0.25, 0.3) is 0 Å². The average molecular weight is 275 g/mol. The lowest BCUT2D eigenvalue weighted by molar-refractivity contribution is 0.214. The molecule has 4 nitrogen and oxygen atoms in total. The van der Waals surface area contributed by atoms with Gasteiger partial charge in [0.15, 0.2) is 0 Å². The monoisotopic (exact) mass is 275 g/mol. The van der Waals surface area contributed by atoms with Crippen molar-refractivity contribution in [1.82, 2.24) is 9.80 Å². The molecule has 0 aromatic heterocycles. The molecule has 1 aromatic rings. The molecule has 4 heteroatoms. The van der Waals surface area contributed by atoms with Gasteiger partial charge in [0, 0.05) is 31.7 Å². The normalized spacial score (nSPS) is 27.5. The Morgan fingerprint density at radius 3 is 2.80 bits per heavy atom. The van der Waals surface area contributed by atoms with E-state index in [4.69, 9.17) is 10.5 Å². The number of fused-ring (bicyclic) bond motifs is 2. The van der Waals surface area contributed by atoms with Gasteiger partial charge in [0.05, 0.1) is 12.8 Å². The molecule has 3 rings (SSSR count). The van der Waals surface area contributed by atoms with E-state index < -0.39 is 0 Å². The van der Waals surface area contributed by atoms with E-state index in [0.29, 0.717) is 0 Å². The van der Waals surface area contributed by atoms with Gasteiger partial charge in [0.2, 0.25) is 0 Å². The predicted molar refractivity (Wildman–Crippen MR) is 81.9 cm³/mol. The van der Waals surface area contributed by atoms with Crippen LogP contribution in [0.5, 0.6) is 5.75 Å². The van der Waals surface area contributed by atoms with Crippen LogP contribution < -0.4 is 10.5 Å². The number of likely N-dealkylation sites (tertiary alicyclic amines) is 1. The first-order chi connectivity index (χ1) is 9.67. The topological polar surface area (TPSA) is 41.7 Å². The molecule has 1 aromatic carbocycles. The van der Waals surface area contributed by atoms with Crippen LogP contribution >= 0.6 is 0 Å². The zero-order chi connectivity index (χ0) is 14.1. The summed E-state index contributed by atoms with van der Waals surface area (Å²) in [5.41, 5.74) is 8.01. The maximum Gasteiger partial charge on any atom is 0.141 e. The number of nitrogens with two attached hydrogens (primary N) is 1. The van der Waals surface area contributed by atoms with Crippen LogP contribution in [0.3, 0.4) is 0 Å². The van der Waals surface area contributed by atoms with Crippen molar-refractivity contribution in [3.8, 4) is 5.75 Å². The second-order valence-corrected chi connectivity index (χ2v) is 6.15. The molecule has 0 spiro atoms. The maximum atomic E-state index is 6.00. The Morgan fingerprint density at radius 1 is 1.25 bits per heavy atom. The van der Waals surface area contributed by atoms with Crippen molar-refractivity contribution in [2.45, 2.75) is 37.9 Å². The molecule has 2 saturated heterocycles. The molecule has 2 unspecified atom stereocenters. The number of hydrogen-bond donors (Lipinski definition) is 1. The Kier molecular flexibility index (Phi) is 3.85. The van der Waals surface area contributed by atoms with Crippen molar-refractivity contribution in [1.29, 1.82) is 0 Å². The van der Waals surface area contributed by atoms with E-state index in [2.05, 4.69) is 22.9 Å². The lowest BCUT2D eigenvalue weighted by Gasteiger charge is -2.25. The summed E-state index contributed by atoms with van der Waals surface area (Å²) in [6.07, 6.45) is 4.02. The van der Waals surface area contributed by atoms with Gasteiger partial charge in [-0.15, -0.1) is 0 Å². The third-order valence-electron chi connectivity index (χ3n) is 4.93. The van der Waals surface area contributed by atoms with E-state index in [1.807, 2.05) is 12.1 Å². The molecule has 0 aliphatic carbocycles. The summed E-state index contributed by atoms with van der Waals surface area (Å²) in [5, 5.41) is 0. The molecule has 2 atom stereocenters. The Hall–Kier alpha value is -1.26. The lowest BCUT2D eigenvalue weighted by atomic mass is 10.1. The van der Waals surface area contributed by atoms with E-state index in [9.17, 15) is 0 Å². The fourth-order valence-electron chi connectivity index (χ4n) is 3.66. The van der Waals surface area contributed by atoms with Gasteiger partial charge < -0.3 is 10.5 Å². The highest BCUT2D eigenvalue weighted by Gasteiger charge is 2.34. The number of hydrogen-bond acceptors (Lipinski definition) is 4. The maximum absolute atomic E-state index is 6.00. The summed E-state index contributed by atoms with van der Waals surface area (Å²) >= 11 is 0. The standard InChI is InChI=1S/C16H25N3O/c1-18-13-4-5-14(18)11-19(8-7-13)10-12-3-6-16(20-2)15(17)9-12/h3,6,9,13-14H,4-5,7-8,10-11,17H2,1-2H3. The van der Waals surface area contributed by atoms with Crippen LogP contribution in [0.4, 0.5) is 5.69 Å². The van der Waals surface area contributed by atoms with E-state index in [1.54, 1.807) is 7.11 Å². The van der Waals surface area contributed by atoms with Gasteiger partial charge in [-0.3, -0.25) is 9.80 Å². The van der Waals surface area contributed by atoms with Gasteiger partial charge in [-0.25, -0.2) is 0 Å².